The normalized spacial score (nSPS) is 19.3. The first-order valence-electron chi connectivity index (χ1n) is 7.08. The van der Waals surface area contributed by atoms with E-state index in [-0.39, 0.29) is 24.5 Å². The third kappa shape index (κ3) is 3.11. The molecule has 1 aromatic rings. The molecule has 124 valence electrons. The minimum atomic E-state index is -4.67. The van der Waals surface area contributed by atoms with E-state index in [1.54, 1.807) is 10.9 Å². The summed E-state index contributed by atoms with van der Waals surface area (Å²) in [6.07, 6.45) is -2.67. The lowest BCUT2D eigenvalue weighted by molar-refractivity contribution is -0.271. The highest BCUT2D eigenvalue weighted by Gasteiger charge is 2.54. The predicted molar refractivity (Wildman–Crippen MR) is 73.4 cm³/mol. The standard InChI is InChI=1S/C14H20F3N3O2/c1-12(2,3)20-9-10(8-18-20)11(21)19-6-4-13(22,5-7-19)14(15,16)17/h8-9,22H,4-7H2,1-3H3. The van der Waals surface area contributed by atoms with Gasteiger partial charge in [0.15, 0.2) is 5.60 Å². The number of carbonyl (C=O) groups is 1. The molecule has 2 rings (SSSR count). The monoisotopic (exact) mass is 319 g/mol. The number of halogens is 3. The van der Waals surface area contributed by atoms with Crippen LogP contribution in [0.5, 0.6) is 0 Å². The van der Waals surface area contributed by atoms with Gasteiger partial charge in [-0.3, -0.25) is 9.48 Å². The summed E-state index contributed by atoms with van der Waals surface area (Å²) < 4.78 is 39.9. The fourth-order valence-electron chi connectivity index (χ4n) is 2.35. The zero-order valence-electron chi connectivity index (χ0n) is 12.8. The third-order valence-electron chi connectivity index (χ3n) is 3.92. The molecule has 5 nitrogen and oxygen atoms in total. The molecule has 1 N–H and O–H groups in total. The maximum atomic E-state index is 12.7. The lowest BCUT2D eigenvalue weighted by Gasteiger charge is -2.38. The summed E-state index contributed by atoms with van der Waals surface area (Å²) in [5.74, 6) is -0.361. The molecular formula is C14H20F3N3O2. The summed E-state index contributed by atoms with van der Waals surface area (Å²) in [5.41, 5.74) is -2.64. The van der Waals surface area contributed by atoms with Crippen molar-refractivity contribution in [3.05, 3.63) is 18.0 Å². The molecule has 0 radical (unpaired) electrons. The molecule has 0 bridgehead atoms. The summed E-state index contributed by atoms with van der Waals surface area (Å²) in [4.78, 5) is 13.6. The lowest BCUT2D eigenvalue weighted by atomic mass is 9.90. The van der Waals surface area contributed by atoms with E-state index in [1.807, 2.05) is 20.8 Å². The van der Waals surface area contributed by atoms with E-state index in [4.69, 9.17) is 0 Å². The maximum Gasteiger partial charge on any atom is 0.417 e. The first-order valence-corrected chi connectivity index (χ1v) is 7.08. The molecule has 8 heteroatoms. The van der Waals surface area contributed by atoms with Crippen LogP contribution >= 0.6 is 0 Å². The lowest BCUT2D eigenvalue weighted by Crippen LogP contribution is -2.54. The molecule has 2 heterocycles. The van der Waals surface area contributed by atoms with Gasteiger partial charge in [0.1, 0.15) is 0 Å². The Morgan fingerprint density at radius 3 is 2.23 bits per heavy atom. The number of carbonyl (C=O) groups excluding carboxylic acids is 1. The summed E-state index contributed by atoms with van der Waals surface area (Å²) in [6, 6.07) is 0. The molecule has 22 heavy (non-hydrogen) atoms. The second-order valence-corrected chi connectivity index (χ2v) is 6.67. The van der Waals surface area contributed by atoms with Crippen molar-refractivity contribution in [3.63, 3.8) is 0 Å². The third-order valence-corrected chi connectivity index (χ3v) is 3.92. The van der Waals surface area contributed by atoms with Gasteiger partial charge in [0.2, 0.25) is 0 Å². The van der Waals surface area contributed by atoms with E-state index in [0.29, 0.717) is 5.56 Å². The van der Waals surface area contributed by atoms with E-state index >= 15 is 0 Å². The number of hydrogen-bond acceptors (Lipinski definition) is 3. The average molecular weight is 319 g/mol. The van der Waals surface area contributed by atoms with Gasteiger partial charge in [-0.2, -0.15) is 18.3 Å². The molecule has 1 aliphatic rings. The Morgan fingerprint density at radius 1 is 1.27 bits per heavy atom. The van der Waals surface area contributed by atoms with Gasteiger partial charge in [-0.05, 0) is 20.8 Å². The SMILES string of the molecule is CC(C)(C)n1cc(C(=O)N2CCC(O)(C(F)(F)F)CC2)cn1. The first kappa shape index (κ1) is 16.8. The van der Waals surface area contributed by atoms with Crippen LogP contribution < -0.4 is 0 Å². The van der Waals surface area contributed by atoms with Gasteiger partial charge in [-0.25, -0.2) is 0 Å². The summed E-state index contributed by atoms with van der Waals surface area (Å²) in [5, 5.41) is 13.7. The van der Waals surface area contributed by atoms with Crippen LogP contribution in [0.3, 0.4) is 0 Å². The number of likely N-dealkylation sites (tertiary alicyclic amines) is 1. The molecule has 1 aromatic heterocycles. The van der Waals surface area contributed by atoms with Crippen molar-refractivity contribution >= 4 is 5.91 Å². The summed E-state index contributed by atoms with van der Waals surface area (Å²) in [7, 11) is 0. The van der Waals surface area contributed by atoms with Crippen LogP contribution in [-0.4, -0.2) is 50.6 Å². The molecule has 1 fully saturated rings. The van der Waals surface area contributed by atoms with E-state index in [0.717, 1.165) is 0 Å². The Bertz CT molecular complexity index is 552. The molecule has 0 aromatic carbocycles. The molecule has 0 unspecified atom stereocenters. The highest BCUT2D eigenvalue weighted by atomic mass is 19.4. The van der Waals surface area contributed by atoms with Crippen molar-refractivity contribution in [1.29, 1.82) is 0 Å². The van der Waals surface area contributed by atoms with Crippen molar-refractivity contribution in [2.45, 2.75) is 50.9 Å². The second kappa shape index (κ2) is 5.26. The van der Waals surface area contributed by atoms with E-state index in [1.165, 1.54) is 11.1 Å². The van der Waals surface area contributed by atoms with Crippen LogP contribution in [0.15, 0.2) is 12.4 Å². The Balaban J connectivity index is 2.06. The van der Waals surface area contributed by atoms with Crippen LogP contribution in [-0.2, 0) is 5.54 Å². The van der Waals surface area contributed by atoms with Gasteiger partial charge in [-0.1, -0.05) is 0 Å². The second-order valence-electron chi connectivity index (χ2n) is 6.67. The number of nitrogens with zero attached hydrogens (tertiary/aromatic N) is 3. The Hall–Kier alpha value is -1.57. The smallest absolute Gasteiger partial charge is 0.380 e. The van der Waals surface area contributed by atoms with Gasteiger partial charge >= 0.3 is 6.18 Å². The van der Waals surface area contributed by atoms with E-state index in [2.05, 4.69) is 5.10 Å². The predicted octanol–water partition coefficient (Wildman–Crippen LogP) is 2.17. The van der Waals surface area contributed by atoms with Crippen molar-refractivity contribution in [1.82, 2.24) is 14.7 Å². The highest BCUT2D eigenvalue weighted by molar-refractivity contribution is 5.93. The van der Waals surface area contributed by atoms with Crippen LogP contribution in [0, 0.1) is 0 Å². The molecular weight excluding hydrogens is 299 g/mol. The van der Waals surface area contributed by atoms with Crippen molar-refractivity contribution < 1.29 is 23.1 Å². The maximum absolute atomic E-state index is 12.7. The molecule has 0 aliphatic carbocycles. The minimum absolute atomic E-state index is 0.129. The number of piperidine rings is 1. The van der Waals surface area contributed by atoms with Crippen molar-refractivity contribution in [3.8, 4) is 0 Å². The number of rotatable bonds is 1. The van der Waals surface area contributed by atoms with E-state index < -0.39 is 24.6 Å². The van der Waals surface area contributed by atoms with Crippen LogP contribution in [0.4, 0.5) is 13.2 Å². The van der Waals surface area contributed by atoms with Crippen LogP contribution in [0.1, 0.15) is 44.0 Å². The summed E-state index contributed by atoms with van der Waals surface area (Å²) in [6.45, 7) is 5.53. The number of aromatic nitrogens is 2. The molecule has 0 atom stereocenters. The van der Waals surface area contributed by atoms with Crippen molar-refractivity contribution in [2.24, 2.45) is 0 Å². The average Bonchev–Trinajstić information content (AvgIpc) is 2.87. The van der Waals surface area contributed by atoms with Gasteiger partial charge in [0.25, 0.3) is 5.91 Å². The van der Waals surface area contributed by atoms with Crippen LogP contribution in [0.25, 0.3) is 0 Å². The minimum Gasteiger partial charge on any atom is -0.380 e. The molecule has 1 aliphatic heterocycles. The Morgan fingerprint density at radius 2 is 1.82 bits per heavy atom. The first-order chi connectivity index (χ1) is 9.94. The largest absolute Gasteiger partial charge is 0.417 e. The zero-order chi connectivity index (χ0) is 16.8. The van der Waals surface area contributed by atoms with Crippen LogP contribution in [0.2, 0.25) is 0 Å². The Labute approximate surface area is 126 Å². The summed E-state index contributed by atoms with van der Waals surface area (Å²) >= 11 is 0. The van der Waals surface area contributed by atoms with Crippen molar-refractivity contribution in [2.75, 3.05) is 13.1 Å². The number of amides is 1. The van der Waals surface area contributed by atoms with Gasteiger partial charge in [0.05, 0.1) is 17.3 Å². The molecule has 0 spiro atoms. The van der Waals surface area contributed by atoms with Gasteiger partial charge in [-0.15, -0.1) is 0 Å². The fraction of sp³-hybridized carbons (Fsp3) is 0.714. The number of hydrogen-bond donors (Lipinski definition) is 1. The van der Waals surface area contributed by atoms with E-state index in [9.17, 15) is 23.1 Å². The Kier molecular flexibility index (Phi) is 4.01. The zero-order valence-corrected chi connectivity index (χ0v) is 12.8. The molecule has 1 amide bonds. The fourth-order valence-corrected chi connectivity index (χ4v) is 2.35. The quantitative estimate of drug-likeness (QED) is 0.863. The van der Waals surface area contributed by atoms with Gasteiger partial charge < -0.3 is 10.0 Å². The topological polar surface area (TPSA) is 58.4 Å². The highest BCUT2D eigenvalue weighted by Crippen LogP contribution is 2.38. The number of aliphatic hydroxyl groups is 1. The van der Waals surface area contributed by atoms with Gasteiger partial charge in [0, 0.05) is 32.1 Å². The number of alkyl halides is 3. The molecule has 0 saturated carbocycles. The molecule has 1 saturated heterocycles.